The van der Waals surface area contributed by atoms with Crippen LogP contribution in [0.5, 0.6) is 0 Å². The lowest BCUT2D eigenvalue weighted by molar-refractivity contribution is -0.133. The number of nitrogens with one attached hydrogen (secondary N) is 5. The van der Waals surface area contributed by atoms with Crippen molar-refractivity contribution in [1.29, 1.82) is 0 Å². The molecule has 13 heteroatoms. The zero-order valence-corrected chi connectivity index (χ0v) is 27.8. The van der Waals surface area contributed by atoms with Crippen LogP contribution in [0.1, 0.15) is 67.7 Å². The van der Waals surface area contributed by atoms with Crippen LogP contribution in [0, 0.1) is 17.8 Å². The van der Waals surface area contributed by atoms with Crippen LogP contribution in [0.25, 0.3) is 0 Å². The molecule has 0 saturated carbocycles. The molecule has 0 spiro atoms. The number of rotatable bonds is 20. The van der Waals surface area contributed by atoms with E-state index in [2.05, 4.69) is 40.4 Å². The van der Waals surface area contributed by atoms with E-state index in [0.717, 1.165) is 6.42 Å². The second kappa shape index (κ2) is 20.8. The highest BCUT2D eigenvalue weighted by molar-refractivity contribution is 7.98. The Bertz CT molecular complexity index is 843. The van der Waals surface area contributed by atoms with Crippen molar-refractivity contribution in [3.63, 3.8) is 0 Å². The van der Waals surface area contributed by atoms with Gasteiger partial charge in [-0.3, -0.25) is 24.0 Å². The van der Waals surface area contributed by atoms with E-state index in [4.69, 9.17) is 0 Å². The summed E-state index contributed by atoms with van der Waals surface area (Å²) in [5, 5.41) is 24.5. The molecule has 0 aromatic rings. The molecule has 0 saturated heterocycles. The minimum Gasteiger partial charge on any atom is -0.390 e. The van der Waals surface area contributed by atoms with E-state index in [1.807, 2.05) is 26.4 Å². The third-order valence-electron chi connectivity index (χ3n) is 6.15. The molecule has 0 aliphatic heterocycles. The van der Waals surface area contributed by atoms with E-state index in [0.29, 0.717) is 24.0 Å². The molecular weight excluding hydrogens is 566 g/mol. The van der Waals surface area contributed by atoms with Gasteiger partial charge >= 0.3 is 0 Å². The highest BCUT2D eigenvalue weighted by atomic mass is 32.2. The Morgan fingerprint density at radius 2 is 1.27 bits per heavy atom. The van der Waals surface area contributed by atoms with Crippen LogP contribution in [-0.4, -0.2) is 95.5 Å². The van der Waals surface area contributed by atoms with Gasteiger partial charge in [0.25, 0.3) is 0 Å². The summed E-state index contributed by atoms with van der Waals surface area (Å²) in [5.41, 5.74) is 0. The van der Waals surface area contributed by atoms with Crippen LogP contribution >= 0.6 is 23.5 Å². The van der Waals surface area contributed by atoms with Crippen LogP contribution in [0.3, 0.4) is 0 Å². The fourth-order valence-electron chi connectivity index (χ4n) is 3.80. The number of thioether (sulfide) groups is 2. The first-order valence-electron chi connectivity index (χ1n) is 14.3. The van der Waals surface area contributed by atoms with E-state index < -0.39 is 48.0 Å². The summed E-state index contributed by atoms with van der Waals surface area (Å²) in [6, 6.07) is -3.27. The van der Waals surface area contributed by atoms with Crippen molar-refractivity contribution in [1.82, 2.24) is 26.6 Å². The minimum absolute atomic E-state index is 0.138. The van der Waals surface area contributed by atoms with Crippen LogP contribution in [-0.2, 0) is 24.0 Å². The summed E-state index contributed by atoms with van der Waals surface area (Å²) in [6.07, 6.45) is 3.21. The molecule has 41 heavy (non-hydrogen) atoms. The summed E-state index contributed by atoms with van der Waals surface area (Å²) >= 11 is 2.79. The van der Waals surface area contributed by atoms with Gasteiger partial charge in [-0.15, -0.1) is 0 Å². The highest BCUT2D eigenvalue weighted by Crippen LogP contribution is 2.10. The number of aliphatic hydroxyl groups is 1. The van der Waals surface area contributed by atoms with Gasteiger partial charge in [0.05, 0.1) is 18.6 Å². The third kappa shape index (κ3) is 16.9. The smallest absolute Gasteiger partial charge is 0.244 e. The molecule has 0 rings (SSSR count). The molecule has 0 aliphatic rings. The topological polar surface area (TPSA) is 166 Å². The minimum atomic E-state index is -1.22. The predicted octanol–water partition coefficient (Wildman–Crippen LogP) is 1.29. The summed E-state index contributed by atoms with van der Waals surface area (Å²) in [5.74, 6) is -1.06. The van der Waals surface area contributed by atoms with Crippen molar-refractivity contribution in [3.8, 4) is 0 Å². The molecular formula is C28H53N5O6S2. The molecule has 238 valence electrons. The molecule has 0 aromatic carbocycles. The van der Waals surface area contributed by atoms with Crippen molar-refractivity contribution in [2.24, 2.45) is 17.8 Å². The predicted molar refractivity (Wildman–Crippen MR) is 168 cm³/mol. The van der Waals surface area contributed by atoms with Crippen LogP contribution < -0.4 is 26.6 Å². The van der Waals surface area contributed by atoms with Crippen LogP contribution in [0.2, 0.25) is 0 Å². The molecule has 0 radical (unpaired) electrons. The molecule has 5 amide bonds. The van der Waals surface area contributed by atoms with Gasteiger partial charge in [-0.1, -0.05) is 41.5 Å². The van der Waals surface area contributed by atoms with E-state index in [9.17, 15) is 29.1 Å². The Morgan fingerprint density at radius 3 is 1.78 bits per heavy atom. The molecule has 0 aromatic heterocycles. The number of amides is 5. The Labute approximate surface area is 254 Å². The van der Waals surface area contributed by atoms with Crippen molar-refractivity contribution in [3.05, 3.63) is 0 Å². The Balaban J connectivity index is 5.27. The lowest BCUT2D eigenvalue weighted by Crippen LogP contribution is -2.59. The first-order valence-corrected chi connectivity index (χ1v) is 17.0. The maximum absolute atomic E-state index is 13.3. The monoisotopic (exact) mass is 619 g/mol. The second-order valence-electron chi connectivity index (χ2n) is 11.5. The average Bonchev–Trinajstić information content (AvgIpc) is 2.85. The SMILES string of the molecule is CSC[C@H](NC(=O)CC(C)C)C(=O)N[C@H](C(=O)N[C@@H](CSC)[C@@H](O)CC(=O)N[C@@H](C)C(=O)NCCC(C)C)C(C)C. The normalized spacial score (nSPS) is 15.0. The Hall–Kier alpha value is -1.99. The number of hydrogen-bond acceptors (Lipinski definition) is 8. The number of carbonyl (C=O) groups is 5. The summed E-state index contributed by atoms with van der Waals surface area (Å²) in [4.78, 5) is 63.4. The molecule has 6 N–H and O–H groups in total. The molecule has 0 bridgehead atoms. The summed E-state index contributed by atoms with van der Waals surface area (Å²) < 4.78 is 0. The molecule has 0 fully saturated rings. The van der Waals surface area contributed by atoms with Gasteiger partial charge in [0.15, 0.2) is 0 Å². The number of carbonyl (C=O) groups excluding carboxylic acids is 5. The second-order valence-corrected chi connectivity index (χ2v) is 13.3. The first-order chi connectivity index (χ1) is 19.1. The molecule has 0 heterocycles. The fraction of sp³-hybridized carbons (Fsp3) is 0.821. The van der Waals surface area contributed by atoms with Gasteiger partial charge in [-0.25, -0.2) is 0 Å². The zero-order chi connectivity index (χ0) is 31.7. The van der Waals surface area contributed by atoms with Gasteiger partial charge in [-0.05, 0) is 43.6 Å². The van der Waals surface area contributed by atoms with E-state index in [-0.39, 0.29) is 36.5 Å². The lowest BCUT2D eigenvalue weighted by Gasteiger charge is -2.29. The maximum atomic E-state index is 13.3. The van der Waals surface area contributed by atoms with E-state index in [1.165, 1.54) is 23.5 Å². The summed E-state index contributed by atoms with van der Waals surface area (Å²) in [7, 11) is 0. The van der Waals surface area contributed by atoms with Crippen LogP contribution in [0.15, 0.2) is 0 Å². The van der Waals surface area contributed by atoms with Gasteiger partial charge in [0, 0.05) is 24.5 Å². The average molecular weight is 620 g/mol. The highest BCUT2D eigenvalue weighted by Gasteiger charge is 2.32. The van der Waals surface area contributed by atoms with Gasteiger partial charge in [-0.2, -0.15) is 23.5 Å². The molecule has 0 aliphatic carbocycles. The molecule has 0 unspecified atom stereocenters. The van der Waals surface area contributed by atoms with E-state index >= 15 is 0 Å². The third-order valence-corrected chi connectivity index (χ3v) is 7.51. The maximum Gasteiger partial charge on any atom is 0.244 e. The fourth-order valence-corrected chi connectivity index (χ4v) is 5.03. The largest absolute Gasteiger partial charge is 0.390 e. The standard InChI is InChI=1S/C28H53N5O6S2/c1-16(2)10-11-29-26(37)19(7)30-24(36)13-22(34)20(14-40-8)32-28(39)25(18(5)6)33-27(38)21(15-41-9)31-23(35)12-17(3)4/h16-22,25,34H,10-15H2,1-9H3,(H,29,37)(H,30,36)(H,31,35)(H,32,39)(H,33,38)/t19-,20-,21-,22-,25-/m0/s1. The lowest BCUT2D eigenvalue weighted by atomic mass is 10.0. The van der Waals surface area contributed by atoms with E-state index in [1.54, 1.807) is 20.8 Å². The van der Waals surface area contributed by atoms with Gasteiger partial charge < -0.3 is 31.7 Å². The van der Waals surface area contributed by atoms with Gasteiger partial charge in [0.1, 0.15) is 18.1 Å². The number of aliphatic hydroxyl groups excluding tert-OH is 1. The molecule has 11 nitrogen and oxygen atoms in total. The summed E-state index contributed by atoms with van der Waals surface area (Å²) in [6.45, 7) is 13.6. The van der Waals surface area contributed by atoms with Crippen molar-refractivity contribution in [2.45, 2.75) is 98.0 Å². The van der Waals surface area contributed by atoms with Crippen molar-refractivity contribution >= 4 is 53.1 Å². The Morgan fingerprint density at radius 1 is 0.683 bits per heavy atom. The Kier molecular flexibility index (Phi) is 19.8. The van der Waals surface area contributed by atoms with Crippen molar-refractivity contribution in [2.75, 3.05) is 30.6 Å². The number of hydrogen-bond donors (Lipinski definition) is 6. The quantitative estimate of drug-likeness (QED) is 0.119. The first kappa shape index (κ1) is 39.0. The zero-order valence-electron chi connectivity index (χ0n) is 26.2. The molecule has 5 atom stereocenters. The van der Waals surface area contributed by atoms with Crippen LogP contribution in [0.4, 0.5) is 0 Å². The van der Waals surface area contributed by atoms with Crippen molar-refractivity contribution < 1.29 is 29.1 Å². The van der Waals surface area contributed by atoms with Gasteiger partial charge in [0.2, 0.25) is 29.5 Å².